The number of hydrogen-bond acceptors (Lipinski definition) is 6. The number of carbonyl (C=O) groups is 1. The molecule has 0 aliphatic carbocycles. The zero-order valence-electron chi connectivity index (χ0n) is 20.5. The predicted octanol–water partition coefficient (Wildman–Crippen LogP) is 4.74. The molecule has 1 amide bonds. The lowest BCUT2D eigenvalue weighted by Gasteiger charge is -2.35. The van der Waals surface area contributed by atoms with E-state index in [9.17, 15) is 18.0 Å². The molecule has 200 valence electrons. The normalized spacial score (nSPS) is 20.5. The number of H-pyrrole nitrogens is 1. The number of likely N-dealkylation sites (tertiary alicyclic amines) is 1. The molecule has 2 fully saturated rings. The van der Waals surface area contributed by atoms with Crippen LogP contribution in [0.25, 0.3) is 11.2 Å². The number of aromatic amines is 1. The molecular formula is C25H29ClF3N5O3. The van der Waals surface area contributed by atoms with Crippen LogP contribution in [0, 0.1) is 0 Å². The van der Waals surface area contributed by atoms with Crippen LogP contribution in [0.15, 0.2) is 36.5 Å². The number of hydrogen-bond donors (Lipinski definition) is 2. The quantitative estimate of drug-likeness (QED) is 0.498. The Balaban J connectivity index is 0.00000320. The molecule has 0 saturated carbocycles. The third-order valence-corrected chi connectivity index (χ3v) is 6.64. The van der Waals surface area contributed by atoms with E-state index in [1.165, 1.54) is 12.1 Å². The summed E-state index contributed by atoms with van der Waals surface area (Å²) < 4.78 is 47.2. The topological polar surface area (TPSA) is 92.4 Å². The summed E-state index contributed by atoms with van der Waals surface area (Å²) in [4.78, 5) is 27.3. The highest BCUT2D eigenvalue weighted by Crippen LogP contribution is 2.34. The molecule has 5 rings (SSSR count). The van der Waals surface area contributed by atoms with Crippen molar-refractivity contribution in [1.82, 2.24) is 25.2 Å². The number of nitrogens with zero attached hydrogens (tertiary/aromatic N) is 3. The van der Waals surface area contributed by atoms with Crippen LogP contribution >= 0.6 is 12.4 Å². The number of carbonyl (C=O) groups excluding carboxylic acids is 1. The maximum atomic E-state index is 12.9. The van der Waals surface area contributed by atoms with Crippen molar-refractivity contribution in [3.8, 4) is 5.75 Å². The van der Waals surface area contributed by atoms with E-state index < -0.39 is 6.36 Å². The summed E-state index contributed by atoms with van der Waals surface area (Å²) in [5.74, 6) is 0.394. The largest absolute Gasteiger partial charge is 0.573 e. The fourth-order valence-electron chi connectivity index (χ4n) is 4.93. The number of morpholine rings is 1. The number of nitrogens with one attached hydrogen (secondary N) is 2. The number of halogens is 4. The predicted molar refractivity (Wildman–Crippen MR) is 133 cm³/mol. The summed E-state index contributed by atoms with van der Waals surface area (Å²) in [6.07, 6.45) is -1.69. The fourth-order valence-corrected chi connectivity index (χ4v) is 4.93. The molecule has 1 aromatic carbocycles. The zero-order chi connectivity index (χ0) is 25.5. The number of benzene rings is 1. The molecule has 0 bridgehead atoms. The number of fused-ring (bicyclic) bond motifs is 1. The smallest absolute Gasteiger partial charge is 0.406 e. The van der Waals surface area contributed by atoms with Gasteiger partial charge in [0.05, 0.1) is 5.60 Å². The van der Waals surface area contributed by atoms with Gasteiger partial charge in [-0.3, -0.25) is 4.79 Å². The van der Waals surface area contributed by atoms with E-state index in [2.05, 4.69) is 20.0 Å². The van der Waals surface area contributed by atoms with Gasteiger partial charge >= 0.3 is 6.36 Å². The maximum absolute atomic E-state index is 12.9. The third kappa shape index (κ3) is 6.16. The lowest BCUT2D eigenvalue weighted by molar-refractivity contribution is -0.274. The Bertz CT molecular complexity index is 1240. The Labute approximate surface area is 218 Å². The van der Waals surface area contributed by atoms with Crippen LogP contribution in [0.1, 0.15) is 60.5 Å². The average Bonchev–Trinajstić information content (AvgIpc) is 3.27. The monoisotopic (exact) mass is 539 g/mol. The van der Waals surface area contributed by atoms with E-state index >= 15 is 0 Å². The van der Waals surface area contributed by atoms with Crippen LogP contribution in [0.3, 0.4) is 0 Å². The van der Waals surface area contributed by atoms with Crippen molar-refractivity contribution >= 4 is 29.5 Å². The van der Waals surface area contributed by atoms with Gasteiger partial charge in [-0.1, -0.05) is 0 Å². The van der Waals surface area contributed by atoms with Crippen molar-refractivity contribution in [2.24, 2.45) is 0 Å². The molecule has 3 aromatic rings. The van der Waals surface area contributed by atoms with Crippen LogP contribution in [-0.4, -0.2) is 63.9 Å². The highest BCUT2D eigenvalue weighted by atomic mass is 35.5. The SMILES string of the molecule is CC1(C)CNC[C@H](c2nc3c(C4CCN(C(=O)c5ccc(OC(F)(F)F)cc5)CC4)ccnc3[nH]2)O1.Cl. The molecule has 2 aromatic heterocycles. The van der Waals surface area contributed by atoms with Crippen LogP contribution in [0.2, 0.25) is 0 Å². The fraction of sp³-hybridized carbons (Fsp3) is 0.480. The second-order valence-corrected chi connectivity index (χ2v) is 9.86. The standard InChI is InChI=1S/C25H28F3N5O3.ClH/c1-24(2)14-29-13-19(36-24)21-31-20-18(7-10-30-22(20)32-21)15-8-11-33(12-9-15)23(34)16-3-5-17(6-4-16)35-25(26,27)28;/h3-7,10,15,19,29H,8-9,11-14H2,1-2H3,(H,30,31,32);1H/t19-;/m1./s1. The van der Waals surface area contributed by atoms with E-state index in [1.54, 1.807) is 11.1 Å². The van der Waals surface area contributed by atoms with E-state index in [1.807, 2.05) is 19.9 Å². The van der Waals surface area contributed by atoms with Gasteiger partial charge in [0.1, 0.15) is 23.2 Å². The molecule has 0 unspecified atom stereocenters. The highest BCUT2D eigenvalue weighted by molar-refractivity contribution is 5.94. The second kappa shape index (κ2) is 10.5. The van der Waals surface area contributed by atoms with E-state index in [4.69, 9.17) is 9.72 Å². The van der Waals surface area contributed by atoms with Gasteiger partial charge in [0.15, 0.2) is 5.65 Å². The Morgan fingerprint density at radius 2 is 1.86 bits per heavy atom. The molecule has 0 radical (unpaired) electrons. The van der Waals surface area contributed by atoms with Gasteiger partial charge in [-0.25, -0.2) is 9.97 Å². The summed E-state index contributed by atoms with van der Waals surface area (Å²) in [5.41, 5.74) is 2.67. The highest BCUT2D eigenvalue weighted by Gasteiger charge is 2.33. The minimum Gasteiger partial charge on any atom is -0.406 e. The molecule has 0 spiro atoms. The number of imidazole rings is 1. The third-order valence-electron chi connectivity index (χ3n) is 6.64. The Kier molecular flexibility index (Phi) is 7.68. The second-order valence-electron chi connectivity index (χ2n) is 9.86. The number of pyridine rings is 1. The van der Waals surface area contributed by atoms with Crippen LogP contribution in [0.4, 0.5) is 13.2 Å². The van der Waals surface area contributed by atoms with Crippen LogP contribution < -0.4 is 10.1 Å². The van der Waals surface area contributed by atoms with Crippen molar-refractivity contribution in [3.05, 3.63) is 53.5 Å². The first-order valence-corrected chi connectivity index (χ1v) is 12.0. The molecule has 2 aliphatic rings. The number of amides is 1. The van der Waals surface area contributed by atoms with E-state index in [0.29, 0.717) is 30.8 Å². The number of rotatable bonds is 4. The van der Waals surface area contributed by atoms with Gasteiger partial charge in [0, 0.05) is 37.9 Å². The summed E-state index contributed by atoms with van der Waals surface area (Å²) in [6.45, 7) is 6.60. The maximum Gasteiger partial charge on any atom is 0.573 e. The van der Waals surface area contributed by atoms with E-state index in [-0.39, 0.29) is 41.7 Å². The van der Waals surface area contributed by atoms with Crippen molar-refractivity contribution in [3.63, 3.8) is 0 Å². The number of piperidine rings is 1. The lowest BCUT2D eigenvalue weighted by atomic mass is 9.89. The minimum atomic E-state index is -4.77. The number of ether oxygens (including phenoxy) is 2. The first-order valence-electron chi connectivity index (χ1n) is 12.0. The molecule has 1 atom stereocenters. The van der Waals surface area contributed by atoms with Crippen LogP contribution in [-0.2, 0) is 4.74 Å². The molecule has 2 aliphatic heterocycles. The molecule has 2 saturated heterocycles. The van der Waals surface area contributed by atoms with Crippen molar-refractivity contribution in [2.45, 2.75) is 50.7 Å². The number of alkyl halides is 3. The molecule has 2 N–H and O–H groups in total. The van der Waals surface area contributed by atoms with Gasteiger partial charge in [-0.15, -0.1) is 25.6 Å². The molecule has 12 heteroatoms. The van der Waals surface area contributed by atoms with E-state index in [0.717, 1.165) is 48.4 Å². The van der Waals surface area contributed by atoms with Gasteiger partial charge in [-0.05, 0) is 68.5 Å². The van der Waals surface area contributed by atoms with Crippen LogP contribution in [0.5, 0.6) is 5.75 Å². The van der Waals surface area contributed by atoms with Crippen molar-refractivity contribution < 1.29 is 27.4 Å². The Morgan fingerprint density at radius 3 is 2.51 bits per heavy atom. The first kappa shape index (κ1) is 27.2. The summed E-state index contributed by atoms with van der Waals surface area (Å²) in [5, 5.41) is 3.39. The van der Waals surface area contributed by atoms with Gasteiger partial charge in [0.2, 0.25) is 0 Å². The lowest BCUT2D eigenvalue weighted by Crippen LogP contribution is -2.47. The minimum absolute atomic E-state index is 0. The summed E-state index contributed by atoms with van der Waals surface area (Å²) >= 11 is 0. The van der Waals surface area contributed by atoms with Gasteiger partial charge < -0.3 is 24.7 Å². The molecule has 8 nitrogen and oxygen atoms in total. The van der Waals surface area contributed by atoms with Crippen molar-refractivity contribution in [1.29, 1.82) is 0 Å². The molecule has 4 heterocycles. The zero-order valence-corrected chi connectivity index (χ0v) is 21.3. The summed E-state index contributed by atoms with van der Waals surface area (Å²) in [7, 11) is 0. The Hall–Kier alpha value is -2.89. The molecular weight excluding hydrogens is 511 g/mol. The number of aromatic nitrogens is 3. The average molecular weight is 540 g/mol. The summed E-state index contributed by atoms with van der Waals surface area (Å²) in [6, 6.07) is 7.01. The Morgan fingerprint density at radius 1 is 1.16 bits per heavy atom. The van der Waals surface area contributed by atoms with Gasteiger partial charge in [-0.2, -0.15) is 0 Å². The first-order chi connectivity index (χ1) is 17.1. The van der Waals surface area contributed by atoms with Crippen molar-refractivity contribution in [2.75, 3.05) is 26.2 Å². The molecule has 37 heavy (non-hydrogen) atoms. The van der Waals surface area contributed by atoms with Gasteiger partial charge in [0.25, 0.3) is 5.91 Å².